The van der Waals surface area contributed by atoms with Crippen molar-refractivity contribution >= 4 is 23.3 Å². The number of hydrogen-bond acceptors (Lipinski definition) is 6. The lowest BCUT2D eigenvalue weighted by atomic mass is 10.0. The summed E-state index contributed by atoms with van der Waals surface area (Å²) >= 11 is 0. The van der Waals surface area contributed by atoms with Crippen molar-refractivity contribution in [2.45, 2.75) is 12.5 Å². The van der Waals surface area contributed by atoms with E-state index < -0.39 is 0 Å². The van der Waals surface area contributed by atoms with Gasteiger partial charge >= 0.3 is 6.03 Å². The molecule has 9 heteroatoms. The Morgan fingerprint density at radius 1 is 1.00 bits per heavy atom. The van der Waals surface area contributed by atoms with E-state index in [0.717, 1.165) is 22.7 Å². The lowest BCUT2D eigenvalue weighted by molar-refractivity contribution is -0.134. The van der Waals surface area contributed by atoms with Crippen molar-refractivity contribution in [2.75, 3.05) is 45.2 Å². The maximum Gasteiger partial charge on any atom is 0.321 e. The molecule has 0 radical (unpaired) electrons. The van der Waals surface area contributed by atoms with Crippen LogP contribution in [0.15, 0.2) is 82.5 Å². The molecule has 2 aliphatic heterocycles. The summed E-state index contributed by atoms with van der Waals surface area (Å²) in [6, 6.07) is 20.4. The quantitative estimate of drug-likeness (QED) is 0.571. The Morgan fingerprint density at radius 2 is 1.75 bits per heavy atom. The fourth-order valence-corrected chi connectivity index (χ4v) is 4.50. The molecule has 2 aromatic carbocycles. The van der Waals surface area contributed by atoms with Crippen LogP contribution in [0.5, 0.6) is 5.75 Å². The molecule has 36 heavy (non-hydrogen) atoms. The highest BCUT2D eigenvalue weighted by Crippen LogP contribution is 2.33. The van der Waals surface area contributed by atoms with Gasteiger partial charge in [0.25, 0.3) is 5.91 Å². The third-order valence-electron chi connectivity index (χ3n) is 6.50. The topological polar surface area (TPSA) is 90.6 Å². The second-order valence-corrected chi connectivity index (χ2v) is 8.81. The Labute approximate surface area is 209 Å². The van der Waals surface area contributed by atoms with Crippen LogP contribution in [0.4, 0.5) is 10.5 Å². The third kappa shape index (κ3) is 5.26. The van der Waals surface area contributed by atoms with E-state index >= 15 is 0 Å². The monoisotopic (exact) mass is 487 g/mol. The number of benzene rings is 2. The Hall–Kier alpha value is -4.11. The van der Waals surface area contributed by atoms with Crippen molar-refractivity contribution in [1.82, 2.24) is 14.8 Å². The zero-order chi connectivity index (χ0) is 24.9. The minimum atomic E-state index is -0.289. The van der Waals surface area contributed by atoms with Gasteiger partial charge in [-0.15, -0.1) is 0 Å². The SMILES string of the molecule is COc1ccc(C2=NN(C(=O)CN3CCN(C(=O)Nc4ccccc4)CC3)[C@@H](c3ccco3)C2)cc1. The van der Waals surface area contributed by atoms with E-state index in [0.29, 0.717) is 38.4 Å². The van der Waals surface area contributed by atoms with Gasteiger partial charge in [0.1, 0.15) is 17.6 Å². The summed E-state index contributed by atoms with van der Waals surface area (Å²) in [7, 11) is 1.63. The van der Waals surface area contributed by atoms with Crippen LogP contribution >= 0.6 is 0 Å². The number of anilines is 1. The number of hydrogen-bond donors (Lipinski definition) is 1. The summed E-state index contributed by atoms with van der Waals surface area (Å²) in [4.78, 5) is 29.8. The second kappa shape index (κ2) is 10.7. The van der Waals surface area contributed by atoms with Crippen molar-refractivity contribution in [2.24, 2.45) is 5.10 Å². The molecular weight excluding hydrogens is 458 g/mol. The summed E-state index contributed by atoms with van der Waals surface area (Å²) in [6.45, 7) is 2.55. The molecule has 1 N–H and O–H groups in total. The Bertz CT molecular complexity index is 1200. The van der Waals surface area contributed by atoms with Crippen molar-refractivity contribution < 1.29 is 18.7 Å². The summed E-state index contributed by atoms with van der Waals surface area (Å²) in [5.41, 5.74) is 2.54. The van der Waals surface area contributed by atoms with E-state index in [1.54, 1.807) is 23.3 Å². The van der Waals surface area contributed by atoms with Gasteiger partial charge in [0.2, 0.25) is 0 Å². The van der Waals surface area contributed by atoms with Crippen LogP contribution in [0.2, 0.25) is 0 Å². The van der Waals surface area contributed by atoms with Gasteiger partial charge in [-0.05, 0) is 54.1 Å². The molecule has 186 valence electrons. The molecule has 2 aliphatic rings. The minimum Gasteiger partial charge on any atom is -0.497 e. The molecule has 1 fully saturated rings. The first-order valence-electron chi connectivity index (χ1n) is 12.0. The molecule has 5 rings (SSSR count). The van der Waals surface area contributed by atoms with E-state index in [9.17, 15) is 9.59 Å². The number of amides is 3. The molecule has 3 heterocycles. The summed E-state index contributed by atoms with van der Waals surface area (Å²) in [5, 5.41) is 9.17. The molecule has 0 spiro atoms. The number of nitrogens with zero attached hydrogens (tertiary/aromatic N) is 4. The van der Waals surface area contributed by atoms with Gasteiger partial charge < -0.3 is 19.4 Å². The number of hydrazone groups is 1. The minimum absolute atomic E-state index is 0.0953. The zero-order valence-electron chi connectivity index (χ0n) is 20.2. The fraction of sp³-hybridized carbons (Fsp3) is 0.296. The lowest BCUT2D eigenvalue weighted by Crippen LogP contribution is -2.52. The highest BCUT2D eigenvalue weighted by atomic mass is 16.5. The van der Waals surface area contributed by atoms with Crippen LogP contribution < -0.4 is 10.1 Å². The molecule has 3 amide bonds. The van der Waals surface area contributed by atoms with Gasteiger partial charge in [0.15, 0.2) is 0 Å². The number of para-hydroxylation sites is 1. The van der Waals surface area contributed by atoms with Crippen molar-refractivity contribution in [3.05, 3.63) is 84.3 Å². The number of carbonyl (C=O) groups excluding carboxylic acids is 2. The van der Waals surface area contributed by atoms with Crippen LogP contribution in [0.25, 0.3) is 0 Å². The standard InChI is InChI=1S/C27H29N5O4/c1-35-22-11-9-20(10-12-22)23-18-24(25-8-5-17-36-25)32(29-23)26(33)19-30-13-15-31(16-14-30)27(34)28-21-6-3-2-4-7-21/h2-12,17,24H,13-16,18-19H2,1H3,(H,28,34)/t24-/m1/s1. The molecule has 1 saturated heterocycles. The largest absolute Gasteiger partial charge is 0.497 e. The predicted molar refractivity (Wildman–Crippen MR) is 136 cm³/mol. The van der Waals surface area contributed by atoms with Crippen molar-refractivity contribution in [1.29, 1.82) is 0 Å². The lowest BCUT2D eigenvalue weighted by Gasteiger charge is -2.35. The van der Waals surface area contributed by atoms with Gasteiger partial charge in [-0.2, -0.15) is 5.10 Å². The predicted octanol–water partition coefficient (Wildman–Crippen LogP) is 3.82. The normalized spacial score (nSPS) is 18.1. The van der Waals surface area contributed by atoms with E-state index in [-0.39, 0.29) is 24.5 Å². The molecule has 0 aliphatic carbocycles. The van der Waals surface area contributed by atoms with Crippen LogP contribution in [-0.2, 0) is 4.79 Å². The molecule has 1 atom stereocenters. The average Bonchev–Trinajstić information content (AvgIpc) is 3.60. The Balaban J connectivity index is 1.22. The number of urea groups is 1. The molecule has 9 nitrogen and oxygen atoms in total. The van der Waals surface area contributed by atoms with Gasteiger partial charge in [0.05, 0.1) is 25.6 Å². The van der Waals surface area contributed by atoms with Crippen LogP contribution in [-0.4, -0.2) is 72.3 Å². The van der Waals surface area contributed by atoms with Gasteiger partial charge in [0, 0.05) is 38.3 Å². The molecule has 0 bridgehead atoms. The third-order valence-corrected chi connectivity index (χ3v) is 6.50. The fourth-order valence-electron chi connectivity index (χ4n) is 4.50. The van der Waals surface area contributed by atoms with Crippen LogP contribution in [0.1, 0.15) is 23.8 Å². The number of ether oxygens (including phenoxy) is 1. The summed E-state index contributed by atoms with van der Waals surface area (Å²) < 4.78 is 10.9. The Morgan fingerprint density at radius 3 is 2.42 bits per heavy atom. The first kappa shape index (κ1) is 23.6. The summed E-state index contributed by atoms with van der Waals surface area (Å²) in [5.74, 6) is 1.38. The molecular formula is C27H29N5O4. The number of piperazine rings is 1. The van der Waals surface area contributed by atoms with Gasteiger partial charge in [-0.25, -0.2) is 9.80 Å². The first-order chi connectivity index (χ1) is 17.6. The molecule has 1 aromatic heterocycles. The number of rotatable bonds is 6. The van der Waals surface area contributed by atoms with Gasteiger partial charge in [-0.3, -0.25) is 9.69 Å². The van der Waals surface area contributed by atoms with E-state index in [2.05, 4.69) is 10.2 Å². The van der Waals surface area contributed by atoms with Crippen molar-refractivity contribution in [3.63, 3.8) is 0 Å². The maximum atomic E-state index is 13.4. The summed E-state index contributed by atoms with van der Waals surface area (Å²) in [6.07, 6.45) is 2.18. The van der Waals surface area contributed by atoms with E-state index in [1.165, 1.54) is 0 Å². The van der Waals surface area contributed by atoms with Gasteiger partial charge in [-0.1, -0.05) is 18.2 Å². The molecule has 0 unspecified atom stereocenters. The smallest absolute Gasteiger partial charge is 0.321 e. The average molecular weight is 488 g/mol. The number of nitrogens with one attached hydrogen (secondary N) is 1. The van der Waals surface area contributed by atoms with Crippen molar-refractivity contribution in [3.8, 4) is 5.75 Å². The number of methoxy groups -OCH3 is 1. The Kier molecular flexibility index (Phi) is 6.99. The number of furan rings is 1. The number of carbonyl (C=O) groups is 2. The highest BCUT2D eigenvalue weighted by Gasteiger charge is 2.36. The van der Waals surface area contributed by atoms with Crippen LogP contribution in [0.3, 0.4) is 0 Å². The highest BCUT2D eigenvalue weighted by molar-refractivity contribution is 6.03. The first-order valence-corrected chi connectivity index (χ1v) is 12.0. The van der Waals surface area contributed by atoms with Crippen LogP contribution in [0, 0.1) is 0 Å². The molecule has 0 saturated carbocycles. The molecule has 3 aromatic rings. The van der Waals surface area contributed by atoms with E-state index in [4.69, 9.17) is 14.3 Å². The zero-order valence-corrected chi connectivity index (χ0v) is 20.2. The second-order valence-electron chi connectivity index (χ2n) is 8.81. The van der Waals surface area contributed by atoms with E-state index in [1.807, 2.05) is 66.7 Å². The maximum absolute atomic E-state index is 13.4.